The lowest BCUT2D eigenvalue weighted by molar-refractivity contribution is 0.406. The Morgan fingerprint density at radius 2 is 1.82 bits per heavy atom. The molecule has 0 atom stereocenters. The maximum absolute atomic E-state index is 13.6. The molecule has 1 N–H and O–H groups in total. The highest BCUT2D eigenvalue weighted by molar-refractivity contribution is 7.91. The van der Waals surface area contributed by atoms with Gasteiger partial charge in [0, 0.05) is 42.6 Å². The van der Waals surface area contributed by atoms with Crippen LogP contribution in [0.3, 0.4) is 0 Å². The fourth-order valence-electron chi connectivity index (χ4n) is 3.65. The molecule has 0 aliphatic carbocycles. The third-order valence-electron chi connectivity index (χ3n) is 5.20. The number of halogens is 2. The summed E-state index contributed by atoms with van der Waals surface area (Å²) in [5.74, 6) is -3.21. The van der Waals surface area contributed by atoms with Crippen LogP contribution < -0.4 is 4.90 Å². The summed E-state index contributed by atoms with van der Waals surface area (Å²) in [6, 6.07) is 7.74. The van der Waals surface area contributed by atoms with Crippen LogP contribution in [0, 0.1) is 11.6 Å². The molecule has 3 aromatic rings. The second kappa shape index (κ2) is 6.73. The number of phenolic OH excluding ortho intramolecular Hbond substituents is 1. The maximum atomic E-state index is 13.6. The van der Waals surface area contributed by atoms with E-state index in [9.17, 15) is 22.3 Å². The van der Waals surface area contributed by atoms with Gasteiger partial charge in [-0.25, -0.2) is 17.5 Å². The molecule has 1 aliphatic rings. The van der Waals surface area contributed by atoms with E-state index in [2.05, 4.69) is 10.00 Å². The number of anilines is 1. The first kappa shape index (κ1) is 18.7. The Bertz CT molecular complexity index is 1130. The molecule has 0 saturated carbocycles. The number of rotatable bonds is 3. The molecule has 2 heterocycles. The van der Waals surface area contributed by atoms with Crippen molar-refractivity contribution in [2.45, 2.75) is 18.1 Å². The van der Waals surface area contributed by atoms with E-state index in [0.29, 0.717) is 31.4 Å². The Morgan fingerprint density at radius 1 is 1.11 bits per heavy atom. The number of benzene rings is 2. The summed E-state index contributed by atoms with van der Waals surface area (Å²) >= 11 is 0. The Kier molecular flexibility index (Phi) is 4.49. The molecule has 1 saturated heterocycles. The van der Waals surface area contributed by atoms with Crippen LogP contribution in [0.2, 0.25) is 0 Å². The highest BCUT2D eigenvalue weighted by atomic mass is 32.2. The molecular weight excluding hydrogens is 388 g/mol. The number of phenols is 1. The zero-order chi connectivity index (χ0) is 20.1. The molecule has 1 aromatic heterocycles. The van der Waals surface area contributed by atoms with Gasteiger partial charge in [0.1, 0.15) is 9.84 Å². The summed E-state index contributed by atoms with van der Waals surface area (Å²) < 4.78 is 51.8. The number of hydrogen-bond acceptors (Lipinski definition) is 5. The Morgan fingerprint density at radius 3 is 2.46 bits per heavy atom. The predicted octanol–water partition coefficient (Wildman–Crippen LogP) is 3.02. The Hall–Kier alpha value is -2.68. The second-order valence-electron chi connectivity index (χ2n) is 7.08. The minimum Gasteiger partial charge on any atom is -0.505 e. The van der Waals surface area contributed by atoms with Gasteiger partial charge < -0.3 is 10.0 Å². The van der Waals surface area contributed by atoms with Crippen LogP contribution in [0.1, 0.15) is 12.8 Å². The second-order valence-corrected chi connectivity index (χ2v) is 9.40. The quantitative estimate of drug-likeness (QED) is 0.722. The van der Waals surface area contributed by atoms with E-state index in [1.165, 1.54) is 10.9 Å². The van der Waals surface area contributed by atoms with Crippen LogP contribution in [-0.4, -0.2) is 47.9 Å². The number of piperidine rings is 1. The fraction of sp³-hybridized carbons (Fsp3) is 0.316. The van der Waals surface area contributed by atoms with Crippen LogP contribution in [0.5, 0.6) is 5.75 Å². The topological polar surface area (TPSA) is 75.4 Å². The summed E-state index contributed by atoms with van der Waals surface area (Å²) in [6.45, 7) is 1.29. The highest BCUT2D eigenvalue weighted by Gasteiger charge is 2.26. The zero-order valence-electron chi connectivity index (χ0n) is 15.1. The van der Waals surface area contributed by atoms with Gasteiger partial charge in [-0.2, -0.15) is 9.49 Å². The normalized spacial score (nSPS) is 16.0. The smallest absolute Gasteiger partial charge is 0.200 e. The molecule has 9 heteroatoms. The highest BCUT2D eigenvalue weighted by Crippen LogP contribution is 2.29. The van der Waals surface area contributed by atoms with Gasteiger partial charge in [-0.1, -0.05) is 0 Å². The average Bonchev–Trinajstić information content (AvgIpc) is 3.08. The first-order chi connectivity index (χ1) is 13.2. The first-order valence-corrected chi connectivity index (χ1v) is 10.8. The predicted molar refractivity (Wildman–Crippen MR) is 103 cm³/mol. The van der Waals surface area contributed by atoms with E-state index in [-0.39, 0.29) is 10.9 Å². The molecule has 0 spiro atoms. The molecule has 1 fully saturated rings. The lowest BCUT2D eigenvalue weighted by Crippen LogP contribution is -2.38. The maximum Gasteiger partial charge on any atom is 0.200 e. The van der Waals surface area contributed by atoms with Gasteiger partial charge in [0.25, 0.3) is 0 Å². The summed E-state index contributed by atoms with van der Waals surface area (Å²) in [7, 11) is -3.02. The van der Waals surface area contributed by atoms with Crippen LogP contribution in [0.15, 0.2) is 36.5 Å². The summed E-state index contributed by atoms with van der Waals surface area (Å²) in [5.41, 5.74) is 1.85. The van der Waals surface area contributed by atoms with Crippen molar-refractivity contribution >= 4 is 26.4 Å². The van der Waals surface area contributed by atoms with Crippen molar-refractivity contribution in [2.24, 2.45) is 0 Å². The molecule has 6 nitrogen and oxygen atoms in total. The van der Waals surface area contributed by atoms with Crippen LogP contribution in [0.25, 0.3) is 16.6 Å². The van der Waals surface area contributed by atoms with Gasteiger partial charge in [0.05, 0.1) is 22.7 Å². The molecule has 0 amide bonds. The third kappa shape index (κ3) is 3.30. The van der Waals surface area contributed by atoms with E-state index in [0.717, 1.165) is 23.2 Å². The van der Waals surface area contributed by atoms with Crippen molar-refractivity contribution in [1.29, 1.82) is 0 Å². The lowest BCUT2D eigenvalue weighted by Gasteiger charge is -2.32. The number of nitrogens with zero attached hydrogens (tertiary/aromatic N) is 3. The van der Waals surface area contributed by atoms with E-state index < -0.39 is 27.2 Å². The molecule has 1 aliphatic heterocycles. The minimum atomic E-state index is -3.02. The molecule has 4 rings (SSSR count). The molecule has 148 valence electrons. The van der Waals surface area contributed by atoms with Gasteiger partial charge in [0.2, 0.25) is 0 Å². The Labute approximate surface area is 160 Å². The number of aromatic hydroxyl groups is 1. The molecule has 2 aromatic carbocycles. The van der Waals surface area contributed by atoms with E-state index in [4.69, 9.17) is 0 Å². The molecule has 0 bridgehead atoms. The lowest BCUT2D eigenvalue weighted by atomic mass is 10.1. The summed E-state index contributed by atoms with van der Waals surface area (Å²) in [6.07, 6.45) is 4.07. The first-order valence-electron chi connectivity index (χ1n) is 8.84. The standard InChI is InChI=1S/C19H19F2N3O3S/c1-28(26,27)15-4-6-23(7-5-15)13-2-3-17-12(8-13)11-22-24(17)14-9-16(20)19(21)18(25)10-14/h2-3,8-11,15,25H,4-7H2,1H3. The minimum absolute atomic E-state index is 0.216. The monoisotopic (exact) mass is 407 g/mol. The average molecular weight is 407 g/mol. The SMILES string of the molecule is CS(=O)(=O)C1CCN(c2ccc3c(cnn3-c3cc(O)c(F)c(F)c3)c2)CC1. The van der Waals surface area contributed by atoms with Gasteiger partial charge >= 0.3 is 0 Å². The van der Waals surface area contributed by atoms with Gasteiger partial charge in [-0.15, -0.1) is 0 Å². The molecule has 0 unspecified atom stereocenters. The van der Waals surface area contributed by atoms with Crippen molar-refractivity contribution in [3.05, 3.63) is 48.2 Å². The van der Waals surface area contributed by atoms with Crippen molar-refractivity contribution in [2.75, 3.05) is 24.2 Å². The fourth-order valence-corrected chi connectivity index (χ4v) is 4.71. The number of sulfone groups is 1. The van der Waals surface area contributed by atoms with Gasteiger partial charge in [0.15, 0.2) is 17.4 Å². The number of fused-ring (bicyclic) bond motifs is 1. The van der Waals surface area contributed by atoms with E-state index in [1.807, 2.05) is 18.2 Å². The summed E-state index contributed by atoms with van der Waals surface area (Å²) in [5, 5.41) is 14.3. The number of hydrogen-bond donors (Lipinski definition) is 1. The molecule has 28 heavy (non-hydrogen) atoms. The van der Waals surface area contributed by atoms with Gasteiger partial charge in [-0.3, -0.25) is 0 Å². The van der Waals surface area contributed by atoms with Gasteiger partial charge in [-0.05, 0) is 31.0 Å². The van der Waals surface area contributed by atoms with Crippen molar-refractivity contribution in [3.63, 3.8) is 0 Å². The number of aromatic nitrogens is 2. The van der Waals surface area contributed by atoms with Crippen LogP contribution in [0.4, 0.5) is 14.5 Å². The van der Waals surface area contributed by atoms with Crippen molar-refractivity contribution in [3.8, 4) is 11.4 Å². The molecular formula is C19H19F2N3O3S. The largest absolute Gasteiger partial charge is 0.505 e. The van der Waals surface area contributed by atoms with E-state index >= 15 is 0 Å². The van der Waals surface area contributed by atoms with Crippen molar-refractivity contribution < 1.29 is 22.3 Å². The third-order valence-corrected chi connectivity index (χ3v) is 6.88. The molecule has 0 radical (unpaired) electrons. The summed E-state index contributed by atoms with van der Waals surface area (Å²) in [4.78, 5) is 2.13. The van der Waals surface area contributed by atoms with Crippen LogP contribution in [-0.2, 0) is 9.84 Å². The van der Waals surface area contributed by atoms with E-state index in [1.54, 1.807) is 6.20 Å². The zero-order valence-corrected chi connectivity index (χ0v) is 16.0. The van der Waals surface area contributed by atoms with Crippen molar-refractivity contribution in [1.82, 2.24) is 9.78 Å². The Balaban J connectivity index is 1.62. The van der Waals surface area contributed by atoms with Crippen LogP contribution >= 0.6 is 0 Å².